The van der Waals surface area contributed by atoms with Crippen LogP contribution in [0.15, 0.2) is 52.3 Å². The highest BCUT2D eigenvalue weighted by atomic mass is 32.2. The van der Waals surface area contributed by atoms with Crippen LogP contribution in [0.1, 0.15) is 36.5 Å². The zero-order chi connectivity index (χ0) is 13.8. The summed E-state index contributed by atoms with van der Waals surface area (Å²) in [6.45, 7) is 6.43. The van der Waals surface area contributed by atoms with Crippen LogP contribution >= 0.6 is 11.8 Å². The van der Waals surface area contributed by atoms with Crippen molar-refractivity contribution in [3.8, 4) is 6.07 Å². The maximum atomic E-state index is 9.14. The topological polar surface area (TPSA) is 23.8 Å². The molecule has 19 heavy (non-hydrogen) atoms. The third kappa shape index (κ3) is 3.39. The van der Waals surface area contributed by atoms with Gasteiger partial charge in [-0.1, -0.05) is 43.8 Å². The van der Waals surface area contributed by atoms with E-state index in [9.17, 15) is 0 Å². The van der Waals surface area contributed by atoms with E-state index in [0.29, 0.717) is 5.92 Å². The number of benzene rings is 2. The number of nitriles is 1. The van der Waals surface area contributed by atoms with Crippen molar-refractivity contribution < 1.29 is 0 Å². The Kier molecular flexibility index (Phi) is 4.29. The Morgan fingerprint density at radius 1 is 1.05 bits per heavy atom. The first-order chi connectivity index (χ1) is 9.10. The summed E-state index contributed by atoms with van der Waals surface area (Å²) >= 11 is 1.65. The van der Waals surface area contributed by atoms with E-state index in [1.165, 1.54) is 16.0 Å². The number of aryl methyl sites for hydroxylation is 1. The fourth-order valence-corrected chi connectivity index (χ4v) is 2.85. The maximum absolute atomic E-state index is 9.14. The molecular formula is C17H17NS. The molecule has 0 radical (unpaired) electrons. The fourth-order valence-electron chi connectivity index (χ4n) is 1.85. The van der Waals surface area contributed by atoms with Gasteiger partial charge in [-0.15, -0.1) is 0 Å². The summed E-state index contributed by atoms with van der Waals surface area (Å²) in [5.41, 5.74) is 3.26. The molecule has 0 aliphatic heterocycles. The van der Waals surface area contributed by atoms with Crippen LogP contribution in [0, 0.1) is 18.3 Å². The molecule has 0 aliphatic carbocycles. The normalized spacial score (nSPS) is 10.5. The van der Waals surface area contributed by atoms with E-state index in [1.807, 2.05) is 19.1 Å². The molecule has 0 amide bonds. The van der Waals surface area contributed by atoms with Crippen molar-refractivity contribution in [2.24, 2.45) is 0 Å². The van der Waals surface area contributed by atoms with Crippen molar-refractivity contribution in [2.75, 3.05) is 0 Å². The van der Waals surface area contributed by atoms with Gasteiger partial charge in [-0.05, 0) is 48.2 Å². The SMILES string of the molecule is Cc1ccc(C#N)c(Sc2ccc(C(C)C)cc2)c1. The maximum Gasteiger partial charge on any atom is 0.100 e. The van der Waals surface area contributed by atoms with Crippen LogP contribution in [-0.4, -0.2) is 0 Å². The van der Waals surface area contributed by atoms with Gasteiger partial charge >= 0.3 is 0 Å². The van der Waals surface area contributed by atoms with Gasteiger partial charge < -0.3 is 0 Å². The van der Waals surface area contributed by atoms with Gasteiger partial charge in [-0.3, -0.25) is 0 Å². The lowest BCUT2D eigenvalue weighted by molar-refractivity contribution is 0.865. The molecule has 96 valence electrons. The molecule has 0 atom stereocenters. The van der Waals surface area contributed by atoms with E-state index in [-0.39, 0.29) is 0 Å². The Morgan fingerprint density at radius 3 is 2.32 bits per heavy atom. The average Bonchev–Trinajstić information content (AvgIpc) is 2.39. The predicted molar refractivity (Wildman–Crippen MR) is 80.5 cm³/mol. The van der Waals surface area contributed by atoms with E-state index in [0.717, 1.165) is 10.5 Å². The van der Waals surface area contributed by atoms with Crippen LogP contribution in [0.4, 0.5) is 0 Å². The quantitative estimate of drug-likeness (QED) is 0.768. The lowest BCUT2D eigenvalue weighted by atomic mass is 10.0. The van der Waals surface area contributed by atoms with Gasteiger partial charge in [0, 0.05) is 9.79 Å². The predicted octanol–water partition coefficient (Wildman–Crippen LogP) is 5.14. The molecule has 0 N–H and O–H groups in total. The molecular weight excluding hydrogens is 250 g/mol. The van der Waals surface area contributed by atoms with Crippen LogP contribution in [-0.2, 0) is 0 Å². The molecule has 0 unspecified atom stereocenters. The molecule has 0 fully saturated rings. The van der Waals surface area contributed by atoms with Gasteiger partial charge in [0.1, 0.15) is 6.07 Å². The number of rotatable bonds is 3. The first-order valence-electron chi connectivity index (χ1n) is 6.38. The second-order valence-corrected chi connectivity index (χ2v) is 6.05. The molecule has 2 aromatic carbocycles. The van der Waals surface area contributed by atoms with Crippen LogP contribution in [0.25, 0.3) is 0 Å². The molecule has 2 rings (SSSR count). The van der Waals surface area contributed by atoms with Crippen LogP contribution in [0.3, 0.4) is 0 Å². The van der Waals surface area contributed by atoms with Gasteiger partial charge in [0.05, 0.1) is 5.56 Å². The van der Waals surface area contributed by atoms with Gasteiger partial charge in [0.15, 0.2) is 0 Å². The largest absolute Gasteiger partial charge is 0.192 e. The summed E-state index contributed by atoms with van der Waals surface area (Å²) in [6.07, 6.45) is 0. The summed E-state index contributed by atoms with van der Waals surface area (Å²) in [5.74, 6) is 0.549. The molecule has 0 bridgehead atoms. The summed E-state index contributed by atoms with van der Waals surface area (Å²) in [4.78, 5) is 2.20. The fraction of sp³-hybridized carbons (Fsp3) is 0.235. The van der Waals surface area contributed by atoms with Crippen molar-refractivity contribution in [3.05, 3.63) is 59.2 Å². The third-order valence-electron chi connectivity index (χ3n) is 3.03. The second-order valence-electron chi connectivity index (χ2n) is 4.94. The average molecular weight is 267 g/mol. The first kappa shape index (κ1) is 13.7. The molecule has 0 heterocycles. The minimum absolute atomic E-state index is 0.549. The van der Waals surface area contributed by atoms with E-state index in [4.69, 9.17) is 5.26 Å². The van der Waals surface area contributed by atoms with Crippen molar-refractivity contribution in [2.45, 2.75) is 36.5 Å². The van der Waals surface area contributed by atoms with E-state index in [2.05, 4.69) is 50.2 Å². The smallest absolute Gasteiger partial charge is 0.100 e. The van der Waals surface area contributed by atoms with Crippen molar-refractivity contribution in [3.63, 3.8) is 0 Å². The minimum atomic E-state index is 0.549. The van der Waals surface area contributed by atoms with Gasteiger partial charge in [-0.25, -0.2) is 0 Å². The number of hydrogen-bond donors (Lipinski definition) is 0. The van der Waals surface area contributed by atoms with E-state index in [1.54, 1.807) is 11.8 Å². The highest BCUT2D eigenvalue weighted by Gasteiger charge is 2.05. The van der Waals surface area contributed by atoms with Crippen molar-refractivity contribution in [1.29, 1.82) is 5.26 Å². The molecule has 0 saturated carbocycles. The summed E-state index contributed by atoms with van der Waals surface area (Å²) in [6, 6.07) is 16.8. The number of hydrogen-bond acceptors (Lipinski definition) is 2. The van der Waals surface area contributed by atoms with E-state index >= 15 is 0 Å². The number of nitrogens with zero attached hydrogens (tertiary/aromatic N) is 1. The zero-order valence-electron chi connectivity index (χ0n) is 11.5. The molecule has 2 heteroatoms. The lowest BCUT2D eigenvalue weighted by Gasteiger charge is -2.08. The second kappa shape index (κ2) is 5.95. The van der Waals surface area contributed by atoms with E-state index < -0.39 is 0 Å². The van der Waals surface area contributed by atoms with Crippen molar-refractivity contribution >= 4 is 11.8 Å². The van der Waals surface area contributed by atoms with Crippen LogP contribution in [0.5, 0.6) is 0 Å². The summed E-state index contributed by atoms with van der Waals surface area (Å²) in [7, 11) is 0. The third-order valence-corrected chi connectivity index (χ3v) is 4.10. The van der Waals surface area contributed by atoms with Crippen LogP contribution in [0.2, 0.25) is 0 Å². The highest BCUT2D eigenvalue weighted by Crippen LogP contribution is 2.31. The Labute approximate surface area is 119 Å². The highest BCUT2D eigenvalue weighted by molar-refractivity contribution is 7.99. The lowest BCUT2D eigenvalue weighted by Crippen LogP contribution is -1.87. The standard InChI is InChI=1S/C17H17NS/c1-12(2)14-6-8-16(9-7-14)19-17-10-13(3)4-5-15(17)11-18/h4-10,12H,1-3H3. The Balaban J connectivity index is 2.26. The molecule has 1 nitrogen and oxygen atoms in total. The molecule has 0 saturated heterocycles. The van der Waals surface area contributed by atoms with Crippen LogP contribution < -0.4 is 0 Å². The minimum Gasteiger partial charge on any atom is -0.192 e. The molecule has 0 aromatic heterocycles. The first-order valence-corrected chi connectivity index (χ1v) is 7.20. The van der Waals surface area contributed by atoms with Gasteiger partial charge in [0.2, 0.25) is 0 Å². The Hall–Kier alpha value is -1.72. The molecule has 2 aromatic rings. The molecule has 0 spiro atoms. The Morgan fingerprint density at radius 2 is 1.74 bits per heavy atom. The summed E-state index contributed by atoms with van der Waals surface area (Å²) in [5, 5.41) is 9.14. The zero-order valence-corrected chi connectivity index (χ0v) is 12.3. The monoisotopic (exact) mass is 267 g/mol. The Bertz CT molecular complexity index is 606. The summed E-state index contributed by atoms with van der Waals surface area (Å²) < 4.78 is 0. The molecule has 0 aliphatic rings. The van der Waals surface area contributed by atoms with Crippen molar-refractivity contribution in [1.82, 2.24) is 0 Å². The van der Waals surface area contributed by atoms with Gasteiger partial charge in [-0.2, -0.15) is 5.26 Å². The van der Waals surface area contributed by atoms with Gasteiger partial charge in [0.25, 0.3) is 0 Å².